The van der Waals surface area contributed by atoms with Crippen molar-refractivity contribution in [1.29, 1.82) is 0 Å². The SMILES string of the molecule is c1ccc(-n2c3ccccc3c3ccc4cc(-c5ccc6c(c5)c5ccccc5n6-c5ccc6oc7ccccc7c6c5)ccc4c32)cc1. The van der Waals surface area contributed by atoms with Crippen molar-refractivity contribution in [3.05, 3.63) is 170 Å². The minimum atomic E-state index is 0.908. The predicted octanol–water partition coefficient (Wildman–Crippen LogP) is 12.6. The number of para-hydroxylation sites is 4. The number of nitrogens with zero attached hydrogens (tertiary/aromatic N) is 2. The van der Waals surface area contributed by atoms with Crippen LogP contribution in [0, 0.1) is 0 Å². The Bertz CT molecular complexity index is 3100. The summed E-state index contributed by atoms with van der Waals surface area (Å²) >= 11 is 0. The van der Waals surface area contributed by atoms with Gasteiger partial charge in [-0.2, -0.15) is 0 Å². The van der Waals surface area contributed by atoms with Crippen LogP contribution in [0.3, 0.4) is 0 Å². The molecule has 0 fully saturated rings. The van der Waals surface area contributed by atoms with Crippen LogP contribution in [0.1, 0.15) is 0 Å². The van der Waals surface area contributed by atoms with Gasteiger partial charge in [-0.05, 0) is 83.2 Å². The number of rotatable bonds is 3. The van der Waals surface area contributed by atoms with Crippen LogP contribution in [0.15, 0.2) is 174 Å². The third-order valence-electron chi connectivity index (χ3n) is 10.3. The van der Waals surface area contributed by atoms with Crippen LogP contribution in [-0.2, 0) is 0 Å². The zero-order valence-corrected chi connectivity index (χ0v) is 26.5. The maximum absolute atomic E-state index is 6.15. The van der Waals surface area contributed by atoms with Gasteiger partial charge < -0.3 is 13.6 Å². The molecule has 0 atom stereocenters. The number of hydrogen-bond acceptors (Lipinski definition) is 1. The van der Waals surface area contributed by atoms with E-state index in [1.54, 1.807) is 0 Å². The molecule has 0 spiro atoms. The zero-order chi connectivity index (χ0) is 32.1. The maximum Gasteiger partial charge on any atom is 0.135 e. The van der Waals surface area contributed by atoms with Crippen molar-refractivity contribution in [1.82, 2.24) is 9.13 Å². The lowest BCUT2D eigenvalue weighted by Crippen LogP contribution is -1.94. The number of fused-ring (bicyclic) bond motifs is 11. The van der Waals surface area contributed by atoms with Crippen LogP contribution in [0.4, 0.5) is 0 Å². The molecule has 0 aliphatic carbocycles. The molecule has 0 unspecified atom stereocenters. The Morgan fingerprint density at radius 1 is 0.327 bits per heavy atom. The smallest absolute Gasteiger partial charge is 0.135 e. The van der Waals surface area contributed by atoms with Gasteiger partial charge >= 0.3 is 0 Å². The van der Waals surface area contributed by atoms with E-state index in [0.29, 0.717) is 0 Å². The quantitative estimate of drug-likeness (QED) is 0.192. The molecule has 3 nitrogen and oxygen atoms in total. The molecule has 0 bridgehead atoms. The van der Waals surface area contributed by atoms with Gasteiger partial charge in [0.15, 0.2) is 0 Å². The summed E-state index contributed by atoms with van der Waals surface area (Å²) in [6.45, 7) is 0. The Morgan fingerprint density at radius 2 is 0.959 bits per heavy atom. The predicted molar refractivity (Wildman–Crippen MR) is 205 cm³/mol. The average Bonchev–Trinajstić information content (AvgIpc) is 3.82. The Hall–Kier alpha value is -6.58. The molecule has 11 rings (SSSR count). The molecule has 0 aliphatic heterocycles. The van der Waals surface area contributed by atoms with Gasteiger partial charge in [-0.3, -0.25) is 0 Å². The first-order valence-electron chi connectivity index (χ1n) is 16.8. The van der Waals surface area contributed by atoms with Crippen molar-refractivity contribution in [3.8, 4) is 22.5 Å². The van der Waals surface area contributed by atoms with Gasteiger partial charge in [0.05, 0.1) is 22.1 Å². The fourth-order valence-corrected chi connectivity index (χ4v) is 8.10. The normalized spacial score (nSPS) is 12.1. The van der Waals surface area contributed by atoms with Crippen LogP contribution in [0.5, 0.6) is 0 Å². The lowest BCUT2D eigenvalue weighted by atomic mass is 9.98. The second-order valence-corrected chi connectivity index (χ2v) is 12.9. The topological polar surface area (TPSA) is 23.0 Å². The van der Waals surface area contributed by atoms with E-state index in [-0.39, 0.29) is 0 Å². The molecular weight excluding hydrogens is 597 g/mol. The molecule has 3 aromatic heterocycles. The fourth-order valence-electron chi connectivity index (χ4n) is 8.10. The van der Waals surface area contributed by atoms with Crippen molar-refractivity contribution in [2.24, 2.45) is 0 Å². The Balaban J connectivity index is 1.10. The summed E-state index contributed by atoms with van der Waals surface area (Å²) in [4.78, 5) is 0. The van der Waals surface area contributed by atoms with E-state index in [1.807, 2.05) is 12.1 Å². The molecular formula is C46H28N2O. The summed E-state index contributed by atoms with van der Waals surface area (Å²) in [6, 6.07) is 61.4. The van der Waals surface area contributed by atoms with E-state index < -0.39 is 0 Å². The Kier molecular flexibility index (Phi) is 5.38. The molecule has 0 aliphatic rings. The molecule has 8 aromatic carbocycles. The van der Waals surface area contributed by atoms with Crippen molar-refractivity contribution >= 4 is 76.3 Å². The van der Waals surface area contributed by atoms with Crippen molar-refractivity contribution < 1.29 is 4.42 Å². The Morgan fingerprint density at radius 3 is 1.82 bits per heavy atom. The van der Waals surface area contributed by atoms with Gasteiger partial charge in [-0.15, -0.1) is 0 Å². The standard InChI is InChI=1S/C46H28N2O/c1-2-10-32(11-3-1)48-42-16-8-4-12-35(42)38-23-19-31-26-29(18-22-34(31)46(38)48)30-20-24-43-39(27-30)36-13-5-7-15-41(36)47(43)33-21-25-45-40(28-33)37-14-6-9-17-44(37)49-45/h1-28H. The van der Waals surface area contributed by atoms with Gasteiger partial charge in [-0.1, -0.05) is 103 Å². The van der Waals surface area contributed by atoms with Crippen LogP contribution in [0.25, 0.3) is 98.8 Å². The molecule has 0 saturated heterocycles. The van der Waals surface area contributed by atoms with E-state index in [2.05, 4.69) is 167 Å². The van der Waals surface area contributed by atoms with Gasteiger partial charge in [0.25, 0.3) is 0 Å². The largest absolute Gasteiger partial charge is 0.456 e. The minimum absolute atomic E-state index is 0.908. The minimum Gasteiger partial charge on any atom is -0.456 e. The van der Waals surface area contributed by atoms with Gasteiger partial charge in [-0.25, -0.2) is 0 Å². The van der Waals surface area contributed by atoms with Crippen molar-refractivity contribution in [2.45, 2.75) is 0 Å². The number of benzene rings is 8. The first-order chi connectivity index (χ1) is 24.3. The third-order valence-corrected chi connectivity index (χ3v) is 10.3. The molecule has 0 amide bonds. The highest BCUT2D eigenvalue weighted by atomic mass is 16.3. The highest BCUT2D eigenvalue weighted by Crippen LogP contribution is 2.40. The van der Waals surface area contributed by atoms with E-state index in [9.17, 15) is 0 Å². The van der Waals surface area contributed by atoms with Gasteiger partial charge in [0, 0.05) is 49.1 Å². The molecule has 11 aromatic rings. The number of furan rings is 1. The monoisotopic (exact) mass is 624 g/mol. The summed E-state index contributed by atoms with van der Waals surface area (Å²) in [5, 5.41) is 9.78. The molecule has 0 N–H and O–H groups in total. The average molecular weight is 625 g/mol. The highest BCUT2D eigenvalue weighted by molar-refractivity contribution is 6.19. The first-order valence-corrected chi connectivity index (χ1v) is 16.8. The maximum atomic E-state index is 6.15. The molecule has 3 heteroatoms. The summed E-state index contributed by atoms with van der Waals surface area (Å²) in [5.41, 5.74) is 11.4. The van der Waals surface area contributed by atoms with Crippen LogP contribution >= 0.6 is 0 Å². The Labute approximate surface area is 281 Å². The van der Waals surface area contributed by atoms with E-state index in [1.165, 1.54) is 71.2 Å². The number of hydrogen-bond donors (Lipinski definition) is 0. The lowest BCUT2D eigenvalue weighted by molar-refractivity contribution is 0.669. The van der Waals surface area contributed by atoms with Crippen LogP contribution in [0.2, 0.25) is 0 Å². The van der Waals surface area contributed by atoms with E-state index in [0.717, 1.165) is 27.6 Å². The van der Waals surface area contributed by atoms with Crippen LogP contribution < -0.4 is 0 Å². The summed E-state index contributed by atoms with van der Waals surface area (Å²) < 4.78 is 11.0. The summed E-state index contributed by atoms with van der Waals surface area (Å²) in [6.07, 6.45) is 0. The van der Waals surface area contributed by atoms with Gasteiger partial charge in [0.1, 0.15) is 11.2 Å². The number of aromatic nitrogens is 2. The fraction of sp³-hybridized carbons (Fsp3) is 0. The second-order valence-electron chi connectivity index (χ2n) is 12.9. The first kappa shape index (κ1) is 26.5. The van der Waals surface area contributed by atoms with Crippen molar-refractivity contribution in [2.75, 3.05) is 0 Å². The molecule has 3 heterocycles. The van der Waals surface area contributed by atoms with E-state index >= 15 is 0 Å². The van der Waals surface area contributed by atoms with Gasteiger partial charge in [0.2, 0.25) is 0 Å². The molecule has 0 saturated carbocycles. The van der Waals surface area contributed by atoms with Crippen molar-refractivity contribution in [3.63, 3.8) is 0 Å². The molecule has 49 heavy (non-hydrogen) atoms. The zero-order valence-electron chi connectivity index (χ0n) is 26.5. The molecule has 228 valence electrons. The van der Waals surface area contributed by atoms with Crippen LogP contribution in [-0.4, -0.2) is 9.13 Å². The lowest BCUT2D eigenvalue weighted by Gasteiger charge is -2.11. The summed E-state index contributed by atoms with van der Waals surface area (Å²) in [5.74, 6) is 0. The molecule has 0 radical (unpaired) electrons. The second kappa shape index (κ2) is 9.96. The van der Waals surface area contributed by atoms with E-state index in [4.69, 9.17) is 4.42 Å². The third kappa shape index (κ3) is 3.78. The summed E-state index contributed by atoms with van der Waals surface area (Å²) in [7, 11) is 0. The highest BCUT2D eigenvalue weighted by Gasteiger charge is 2.17.